The molecule has 2 heterocycles. The van der Waals surface area contributed by atoms with Crippen LogP contribution in [0.5, 0.6) is 11.5 Å². The van der Waals surface area contributed by atoms with E-state index in [0.29, 0.717) is 11.5 Å². The van der Waals surface area contributed by atoms with Crippen molar-refractivity contribution in [3.8, 4) is 22.8 Å². The van der Waals surface area contributed by atoms with Crippen molar-refractivity contribution in [3.63, 3.8) is 0 Å². The predicted octanol–water partition coefficient (Wildman–Crippen LogP) is 4.37. The standard InChI is InChI=1S/C17H20O3/c1-10-11(2)16-12(7-8-17(3,4)20-16)14(15(10)18)13-6-5-9-19-13/h5-6,9,18H,7-8H2,1-4H3. The Morgan fingerprint density at radius 3 is 2.60 bits per heavy atom. The Bertz CT molecular complexity index is 652. The van der Waals surface area contributed by atoms with Gasteiger partial charge in [-0.25, -0.2) is 0 Å². The first-order valence-electron chi connectivity index (χ1n) is 6.98. The normalized spacial score (nSPS) is 16.6. The largest absolute Gasteiger partial charge is 0.507 e. The van der Waals surface area contributed by atoms with E-state index in [1.165, 1.54) is 0 Å². The van der Waals surface area contributed by atoms with Crippen molar-refractivity contribution in [2.24, 2.45) is 0 Å². The molecule has 0 saturated carbocycles. The minimum Gasteiger partial charge on any atom is -0.507 e. The fourth-order valence-electron chi connectivity index (χ4n) is 2.83. The van der Waals surface area contributed by atoms with Crippen LogP contribution >= 0.6 is 0 Å². The van der Waals surface area contributed by atoms with Crippen LogP contribution in [0.25, 0.3) is 11.3 Å². The molecule has 0 unspecified atom stereocenters. The zero-order valence-electron chi connectivity index (χ0n) is 12.4. The van der Waals surface area contributed by atoms with Crippen molar-refractivity contribution >= 4 is 0 Å². The number of rotatable bonds is 1. The highest BCUT2D eigenvalue weighted by atomic mass is 16.5. The Morgan fingerprint density at radius 1 is 1.20 bits per heavy atom. The summed E-state index contributed by atoms with van der Waals surface area (Å²) in [7, 11) is 0. The van der Waals surface area contributed by atoms with E-state index in [-0.39, 0.29) is 5.60 Å². The number of hydrogen-bond acceptors (Lipinski definition) is 3. The number of benzene rings is 1. The molecule has 106 valence electrons. The van der Waals surface area contributed by atoms with Gasteiger partial charge < -0.3 is 14.3 Å². The lowest BCUT2D eigenvalue weighted by Crippen LogP contribution is -2.33. The van der Waals surface area contributed by atoms with Crippen LogP contribution in [0, 0.1) is 13.8 Å². The van der Waals surface area contributed by atoms with E-state index in [2.05, 4.69) is 13.8 Å². The summed E-state index contributed by atoms with van der Waals surface area (Å²) in [5.41, 5.74) is 3.54. The maximum absolute atomic E-state index is 10.5. The lowest BCUT2D eigenvalue weighted by Gasteiger charge is -2.35. The van der Waals surface area contributed by atoms with Gasteiger partial charge >= 0.3 is 0 Å². The Morgan fingerprint density at radius 2 is 1.95 bits per heavy atom. The molecule has 1 aliphatic heterocycles. The predicted molar refractivity (Wildman–Crippen MR) is 78.3 cm³/mol. The minimum absolute atomic E-state index is 0.165. The molecule has 1 aromatic carbocycles. The monoisotopic (exact) mass is 272 g/mol. The van der Waals surface area contributed by atoms with Crippen molar-refractivity contribution in [2.45, 2.75) is 46.1 Å². The molecule has 2 aromatic rings. The maximum atomic E-state index is 10.5. The number of phenols is 1. The third-order valence-electron chi connectivity index (χ3n) is 4.19. The Hall–Kier alpha value is -1.90. The number of hydrogen-bond donors (Lipinski definition) is 1. The third-order valence-corrected chi connectivity index (χ3v) is 4.19. The summed E-state index contributed by atoms with van der Waals surface area (Å²) in [6, 6.07) is 3.72. The molecule has 1 N–H and O–H groups in total. The van der Waals surface area contributed by atoms with E-state index in [1.54, 1.807) is 6.26 Å². The summed E-state index contributed by atoms with van der Waals surface area (Å²) in [5, 5.41) is 10.5. The van der Waals surface area contributed by atoms with E-state index < -0.39 is 0 Å². The van der Waals surface area contributed by atoms with Crippen molar-refractivity contribution in [1.29, 1.82) is 0 Å². The highest BCUT2D eigenvalue weighted by molar-refractivity contribution is 5.77. The molecular weight excluding hydrogens is 252 g/mol. The molecule has 3 heteroatoms. The second kappa shape index (κ2) is 4.30. The molecule has 0 aliphatic carbocycles. The smallest absolute Gasteiger partial charge is 0.137 e. The first kappa shape index (κ1) is 13.1. The van der Waals surface area contributed by atoms with Crippen LogP contribution in [-0.2, 0) is 6.42 Å². The fourth-order valence-corrected chi connectivity index (χ4v) is 2.83. The molecule has 0 amide bonds. The van der Waals surface area contributed by atoms with E-state index >= 15 is 0 Å². The summed E-state index contributed by atoms with van der Waals surface area (Å²) >= 11 is 0. The molecule has 3 rings (SSSR count). The molecule has 1 aliphatic rings. The van der Waals surface area contributed by atoms with Crippen molar-refractivity contribution in [1.82, 2.24) is 0 Å². The average molecular weight is 272 g/mol. The number of furan rings is 1. The average Bonchev–Trinajstić information content (AvgIpc) is 2.90. The molecule has 3 nitrogen and oxygen atoms in total. The van der Waals surface area contributed by atoms with Gasteiger partial charge in [0.2, 0.25) is 0 Å². The summed E-state index contributed by atoms with van der Waals surface area (Å²) in [4.78, 5) is 0. The van der Waals surface area contributed by atoms with Gasteiger partial charge in [0.15, 0.2) is 0 Å². The van der Waals surface area contributed by atoms with Crippen LogP contribution in [0.1, 0.15) is 37.0 Å². The fraction of sp³-hybridized carbons (Fsp3) is 0.412. The summed E-state index contributed by atoms with van der Waals surface area (Å²) < 4.78 is 11.7. The van der Waals surface area contributed by atoms with Gasteiger partial charge in [0, 0.05) is 5.56 Å². The Labute approximate surface area is 119 Å². The van der Waals surface area contributed by atoms with Gasteiger partial charge in [0.05, 0.1) is 11.8 Å². The van der Waals surface area contributed by atoms with Gasteiger partial charge in [0.25, 0.3) is 0 Å². The van der Waals surface area contributed by atoms with Crippen molar-refractivity contribution in [2.75, 3.05) is 0 Å². The third kappa shape index (κ3) is 1.89. The van der Waals surface area contributed by atoms with E-state index in [4.69, 9.17) is 9.15 Å². The number of fused-ring (bicyclic) bond motifs is 1. The van der Waals surface area contributed by atoms with Gasteiger partial charge in [-0.3, -0.25) is 0 Å². The molecule has 0 radical (unpaired) electrons. The molecule has 0 saturated heterocycles. The molecule has 1 aromatic heterocycles. The number of phenolic OH excluding ortho intramolecular Hbond substituents is 1. The molecule has 0 atom stereocenters. The van der Waals surface area contributed by atoms with Gasteiger partial charge in [-0.05, 0) is 63.8 Å². The molecule has 0 spiro atoms. The van der Waals surface area contributed by atoms with Crippen LogP contribution in [0.2, 0.25) is 0 Å². The van der Waals surface area contributed by atoms with Crippen LogP contribution in [-0.4, -0.2) is 10.7 Å². The lowest BCUT2D eigenvalue weighted by atomic mass is 9.87. The maximum Gasteiger partial charge on any atom is 0.137 e. The van der Waals surface area contributed by atoms with Gasteiger partial charge in [-0.1, -0.05) is 0 Å². The zero-order valence-corrected chi connectivity index (χ0v) is 12.4. The van der Waals surface area contributed by atoms with E-state index in [0.717, 1.165) is 40.8 Å². The summed E-state index contributed by atoms with van der Waals surface area (Å²) in [5.74, 6) is 1.91. The van der Waals surface area contributed by atoms with E-state index in [9.17, 15) is 5.11 Å². The van der Waals surface area contributed by atoms with Gasteiger partial charge in [-0.2, -0.15) is 0 Å². The lowest BCUT2D eigenvalue weighted by molar-refractivity contribution is 0.0836. The first-order chi connectivity index (χ1) is 9.41. The summed E-state index contributed by atoms with van der Waals surface area (Å²) in [6.45, 7) is 8.12. The van der Waals surface area contributed by atoms with Crippen LogP contribution < -0.4 is 4.74 Å². The highest BCUT2D eigenvalue weighted by Gasteiger charge is 2.32. The highest BCUT2D eigenvalue weighted by Crippen LogP contribution is 2.47. The Balaban J connectivity index is 2.29. The number of aromatic hydroxyl groups is 1. The second-order valence-electron chi connectivity index (χ2n) is 6.12. The molecule has 0 bridgehead atoms. The minimum atomic E-state index is -0.165. The summed E-state index contributed by atoms with van der Waals surface area (Å²) in [6.07, 6.45) is 3.44. The molecule has 20 heavy (non-hydrogen) atoms. The quantitative estimate of drug-likeness (QED) is 0.838. The second-order valence-corrected chi connectivity index (χ2v) is 6.12. The molecule has 0 fully saturated rings. The zero-order chi connectivity index (χ0) is 14.5. The van der Waals surface area contributed by atoms with Crippen molar-refractivity contribution < 1.29 is 14.3 Å². The first-order valence-corrected chi connectivity index (χ1v) is 6.98. The van der Waals surface area contributed by atoms with Crippen molar-refractivity contribution in [3.05, 3.63) is 35.1 Å². The van der Waals surface area contributed by atoms with Gasteiger partial charge in [0.1, 0.15) is 22.9 Å². The Kier molecular flexibility index (Phi) is 2.82. The topological polar surface area (TPSA) is 42.6 Å². The van der Waals surface area contributed by atoms with Crippen LogP contribution in [0.4, 0.5) is 0 Å². The number of ether oxygens (including phenoxy) is 1. The SMILES string of the molecule is Cc1c(C)c2c(c(-c3ccco3)c1O)CCC(C)(C)O2. The van der Waals surface area contributed by atoms with Crippen LogP contribution in [0.15, 0.2) is 22.8 Å². The van der Waals surface area contributed by atoms with Crippen LogP contribution in [0.3, 0.4) is 0 Å². The molecular formula is C17H20O3. The van der Waals surface area contributed by atoms with E-state index in [1.807, 2.05) is 26.0 Å². The van der Waals surface area contributed by atoms with Gasteiger partial charge in [-0.15, -0.1) is 0 Å².